The number of amides is 1. The number of hydrogen-bond acceptors (Lipinski definition) is 13. The number of fused-ring (bicyclic) bond motifs is 5. The first-order valence-electron chi connectivity index (χ1n) is 24.3. The second-order valence-electron chi connectivity index (χ2n) is 22.0. The van der Waals surface area contributed by atoms with Crippen LogP contribution in [-0.4, -0.2) is 146 Å². The highest BCUT2D eigenvalue weighted by atomic mass is 28.4. The number of cyclic esters (lactones) is 1. The maximum absolute atomic E-state index is 14.6. The van der Waals surface area contributed by atoms with Crippen LogP contribution in [0.5, 0.6) is 0 Å². The largest absolute Gasteiger partial charge is 0.456 e. The number of esters is 1. The molecule has 14 nitrogen and oxygen atoms in total. The van der Waals surface area contributed by atoms with Gasteiger partial charge in [0.05, 0.1) is 48.3 Å². The van der Waals surface area contributed by atoms with Crippen LogP contribution in [0.1, 0.15) is 133 Å². The van der Waals surface area contributed by atoms with Gasteiger partial charge in [0.25, 0.3) is 11.7 Å². The molecule has 0 aromatic rings. The summed E-state index contributed by atoms with van der Waals surface area (Å²) in [7, 11) is 2.73. The van der Waals surface area contributed by atoms with E-state index in [2.05, 4.69) is 39.9 Å². The van der Waals surface area contributed by atoms with Crippen molar-refractivity contribution in [2.24, 2.45) is 29.6 Å². The Hall–Kier alpha value is -1.79. The molecule has 2 unspecified atom stereocenters. The van der Waals surface area contributed by atoms with Gasteiger partial charge in [-0.2, -0.15) is 0 Å². The number of methoxy groups -OCH3 is 3. The van der Waals surface area contributed by atoms with Crippen LogP contribution in [0.15, 0.2) is 11.6 Å². The van der Waals surface area contributed by atoms with Gasteiger partial charge in [-0.15, -0.1) is 0 Å². The maximum Gasteiger partial charge on any atom is 0.329 e. The van der Waals surface area contributed by atoms with Crippen LogP contribution in [0, 0.1) is 29.6 Å². The van der Waals surface area contributed by atoms with E-state index in [9.17, 15) is 29.7 Å². The first kappa shape index (κ1) is 53.2. The van der Waals surface area contributed by atoms with Crippen molar-refractivity contribution < 1.29 is 62.6 Å². The van der Waals surface area contributed by atoms with Crippen LogP contribution in [0.25, 0.3) is 0 Å². The molecule has 64 heavy (non-hydrogen) atoms. The second kappa shape index (κ2) is 21.2. The molecule has 1 aliphatic carbocycles. The summed E-state index contributed by atoms with van der Waals surface area (Å²) >= 11 is 0. The van der Waals surface area contributed by atoms with Gasteiger partial charge in [-0.25, -0.2) is 4.79 Å². The standard InChI is InChI=1S/C49H85NO13Si/c1-15-33-37-26-35(51)31(5)41(29(3)23-32-19-20-36(38(25-32)57-10)63-64(13,14)47(6,7)8)60-46(55)34-18-16-17-21-50(34)45(54)44(53)49(56)30(4)24-40(59-12)42(62-49)39(58-11)22-28(2)27-48(9,61-37)43(33)52/h23,28,30-43,51-52,56H,15-22,24-27H2,1-14H3/b29-23+/t28-,30-,31-,32+,33+,34+,35+,36-,37+,38-,39+,40+,41-,42-,43?,48?,49-/m1/s1. The number of aliphatic hydroxyl groups excluding tert-OH is 2. The molecule has 0 radical (unpaired) electrons. The van der Waals surface area contributed by atoms with E-state index in [0.717, 1.165) is 18.4 Å². The molecule has 0 spiro atoms. The summed E-state index contributed by atoms with van der Waals surface area (Å²) in [6, 6.07) is -1.10. The molecule has 368 valence electrons. The lowest BCUT2D eigenvalue weighted by Crippen LogP contribution is -2.64. The van der Waals surface area contributed by atoms with E-state index in [4.69, 9.17) is 32.8 Å². The lowest BCUT2D eigenvalue weighted by Gasteiger charge is -2.47. The second-order valence-corrected chi connectivity index (χ2v) is 26.8. The van der Waals surface area contributed by atoms with E-state index in [1.165, 1.54) is 19.1 Å². The van der Waals surface area contributed by atoms with Crippen molar-refractivity contribution >= 4 is 26.0 Å². The smallest absolute Gasteiger partial charge is 0.329 e. The van der Waals surface area contributed by atoms with Crippen molar-refractivity contribution in [2.75, 3.05) is 27.9 Å². The number of hydrogen-bond donors (Lipinski definition) is 3. The number of Topliss-reactive ketones (excluding diaryl/α,β-unsaturated/α-hetero) is 1. The fourth-order valence-electron chi connectivity index (χ4n) is 11.3. The lowest BCUT2D eigenvalue weighted by molar-refractivity contribution is -0.302. The third kappa shape index (κ3) is 11.2. The molecule has 17 atom stereocenters. The summed E-state index contributed by atoms with van der Waals surface area (Å²) in [5, 5.41) is 36.3. The Labute approximate surface area is 384 Å². The van der Waals surface area contributed by atoms with Gasteiger partial charge in [0.1, 0.15) is 18.2 Å². The summed E-state index contributed by atoms with van der Waals surface area (Å²) in [6.07, 6.45) is 2.30. The third-order valence-electron chi connectivity index (χ3n) is 16.3. The molecule has 4 aliphatic heterocycles. The maximum atomic E-state index is 14.6. The van der Waals surface area contributed by atoms with Gasteiger partial charge in [0.2, 0.25) is 5.79 Å². The lowest BCUT2D eigenvalue weighted by atomic mass is 9.78. The molecule has 0 aromatic carbocycles. The topological polar surface area (TPSA) is 180 Å². The van der Waals surface area contributed by atoms with Crippen LogP contribution in [0.4, 0.5) is 0 Å². The first-order valence-corrected chi connectivity index (χ1v) is 27.2. The predicted octanol–water partition coefficient (Wildman–Crippen LogP) is 6.51. The zero-order chi connectivity index (χ0) is 47.7. The molecule has 0 aromatic heterocycles. The van der Waals surface area contributed by atoms with Crippen molar-refractivity contribution in [1.82, 2.24) is 4.90 Å². The zero-order valence-corrected chi connectivity index (χ0v) is 42.6. The van der Waals surface area contributed by atoms with Crippen molar-refractivity contribution in [3.63, 3.8) is 0 Å². The summed E-state index contributed by atoms with van der Waals surface area (Å²) in [5.41, 5.74) is -0.200. The van der Waals surface area contributed by atoms with E-state index < -0.39 is 98.0 Å². The average Bonchev–Trinajstić information content (AvgIpc) is 3.47. The van der Waals surface area contributed by atoms with Gasteiger partial charge < -0.3 is 53.1 Å². The van der Waals surface area contributed by atoms with Gasteiger partial charge >= 0.3 is 5.97 Å². The zero-order valence-electron chi connectivity index (χ0n) is 41.6. The molecule has 4 heterocycles. The number of piperidine rings is 1. The van der Waals surface area contributed by atoms with Crippen LogP contribution in [-0.2, 0) is 47.2 Å². The number of carbonyl (C=O) groups excluding carboxylic acids is 3. The summed E-state index contributed by atoms with van der Waals surface area (Å²) in [5.74, 6) is -7.10. The number of rotatable bonds is 8. The van der Waals surface area contributed by atoms with E-state index in [1.54, 1.807) is 14.0 Å². The Morgan fingerprint density at radius 2 is 1.53 bits per heavy atom. The Morgan fingerprint density at radius 3 is 2.14 bits per heavy atom. The van der Waals surface area contributed by atoms with Crippen LogP contribution < -0.4 is 0 Å². The minimum absolute atomic E-state index is 0.0348. The molecule has 1 amide bonds. The Balaban J connectivity index is 1.52. The number of ether oxygens (including phenoxy) is 6. The third-order valence-corrected chi connectivity index (χ3v) is 20.8. The Morgan fingerprint density at radius 1 is 0.891 bits per heavy atom. The highest BCUT2D eigenvalue weighted by molar-refractivity contribution is 6.74. The molecule has 3 N–H and O–H groups in total. The monoisotopic (exact) mass is 924 g/mol. The van der Waals surface area contributed by atoms with E-state index in [1.807, 2.05) is 34.6 Å². The number of allylic oxidation sites excluding steroid dienone is 1. The quantitative estimate of drug-likeness (QED) is 0.104. The molecular formula is C49H85NO13Si. The van der Waals surface area contributed by atoms with Crippen LogP contribution in [0.2, 0.25) is 18.1 Å². The first-order chi connectivity index (χ1) is 29.9. The van der Waals surface area contributed by atoms with Gasteiger partial charge in [-0.3, -0.25) is 9.59 Å². The van der Waals surface area contributed by atoms with Crippen molar-refractivity contribution in [2.45, 2.75) is 223 Å². The van der Waals surface area contributed by atoms with Crippen LogP contribution >= 0.6 is 0 Å². The summed E-state index contributed by atoms with van der Waals surface area (Å²) in [4.78, 5) is 44.6. The number of carbonyl (C=O) groups is 3. The summed E-state index contributed by atoms with van der Waals surface area (Å²) in [6.45, 7) is 22.7. The SMILES string of the molecule is CC[C@@H]1C(O)C2(C)C[C@H](C)C[C@H](OC)[C@H]3O[C@@](O)(C(=O)C(=O)N4CCCC[C@H]4C(=O)O[C@H](/C(C)=C/[C@@H]4CC[C@@H](O[Si](C)(C)C(C)(C)C)[C@H](OC)C4)[C@H](C)[C@@H](O)C[C@@H]1O2)[C@H](C)C[C@@H]3OC. The van der Waals surface area contributed by atoms with Gasteiger partial charge in [-0.05, 0) is 114 Å². The average molecular weight is 924 g/mol. The molecular weight excluding hydrogens is 839 g/mol. The minimum Gasteiger partial charge on any atom is -0.456 e. The molecule has 15 heteroatoms. The van der Waals surface area contributed by atoms with E-state index >= 15 is 0 Å². The molecule has 1 saturated carbocycles. The number of aliphatic hydroxyl groups is 3. The Bertz CT molecular complexity index is 1640. The molecule has 4 bridgehead atoms. The molecule has 5 fully saturated rings. The van der Waals surface area contributed by atoms with Crippen LogP contribution in [0.3, 0.4) is 0 Å². The van der Waals surface area contributed by atoms with Gasteiger partial charge in [0, 0.05) is 52.0 Å². The highest BCUT2D eigenvalue weighted by Gasteiger charge is 2.58. The van der Waals surface area contributed by atoms with Gasteiger partial charge in [0.15, 0.2) is 8.32 Å². The Kier molecular flexibility index (Phi) is 17.6. The van der Waals surface area contributed by atoms with Gasteiger partial charge in [-0.1, -0.05) is 54.5 Å². The summed E-state index contributed by atoms with van der Waals surface area (Å²) < 4.78 is 44.4. The predicted molar refractivity (Wildman–Crippen MR) is 245 cm³/mol. The van der Waals surface area contributed by atoms with Crippen molar-refractivity contribution in [3.8, 4) is 0 Å². The highest BCUT2D eigenvalue weighted by Crippen LogP contribution is 2.46. The van der Waals surface area contributed by atoms with Crippen molar-refractivity contribution in [1.29, 1.82) is 0 Å². The normalized spacial score (nSPS) is 42.8. The fraction of sp³-hybridized carbons (Fsp3) is 0.898. The number of nitrogens with zero attached hydrogens (tertiary/aromatic N) is 1. The molecule has 5 rings (SSSR count). The number of ketones is 1. The van der Waals surface area contributed by atoms with E-state index in [-0.39, 0.29) is 60.8 Å². The molecule has 5 aliphatic rings. The van der Waals surface area contributed by atoms with Crippen molar-refractivity contribution in [3.05, 3.63) is 11.6 Å². The minimum atomic E-state index is -2.52. The molecule has 4 saturated heterocycles. The van der Waals surface area contributed by atoms with E-state index in [0.29, 0.717) is 38.5 Å². The fourth-order valence-corrected chi connectivity index (χ4v) is 12.7.